The summed E-state index contributed by atoms with van der Waals surface area (Å²) in [6.07, 6.45) is 3.30. The number of halogens is 1. The number of rotatable bonds is 2. The average molecular weight is 338 g/mol. The second-order valence-corrected chi connectivity index (χ2v) is 6.34. The minimum atomic E-state index is -0.767. The Labute approximate surface area is 126 Å². The summed E-state index contributed by atoms with van der Waals surface area (Å²) in [6.45, 7) is 0.497. The molecule has 2 aliphatic rings. The maximum atomic E-state index is 12.7. The first-order chi connectivity index (χ1) is 9.58. The molecule has 1 aromatic rings. The van der Waals surface area contributed by atoms with E-state index in [0.717, 1.165) is 22.9 Å². The SMILES string of the molecule is COC(=O)C1(N2Cc3ccc(Br)cc3C2=O)CCCC1. The Morgan fingerprint density at radius 2 is 2.05 bits per heavy atom. The zero-order chi connectivity index (χ0) is 14.3. The second-order valence-electron chi connectivity index (χ2n) is 5.42. The van der Waals surface area contributed by atoms with E-state index in [4.69, 9.17) is 4.74 Å². The molecule has 106 valence electrons. The molecule has 4 nitrogen and oxygen atoms in total. The van der Waals surface area contributed by atoms with Crippen LogP contribution in [0.3, 0.4) is 0 Å². The van der Waals surface area contributed by atoms with Gasteiger partial charge in [0.2, 0.25) is 0 Å². The molecule has 3 rings (SSSR count). The molecule has 0 atom stereocenters. The maximum absolute atomic E-state index is 12.7. The highest BCUT2D eigenvalue weighted by atomic mass is 79.9. The molecule has 0 unspecified atom stereocenters. The molecule has 1 aliphatic carbocycles. The molecule has 1 amide bonds. The highest BCUT2D eigenvalue weighted by molar-refractivity contribution is 9.10. The summed E-state index contributed by atoms with van der Waals surface area (Å²) in [5.41, 5.74) is 0.903. The Hall–Kier alpha value is -1.36. The van der Waals surface area contributed by atoms with Crippen molar-refractivity contribution >= 4 is 27.8 Å². The van der Waals surface area contributed by atoms with E-state index in [1.165, 1.54) is 7.11 Å². The Morgan fingerprint density at radius 1 is 1.35 bits per heavy atom. The number of hydrogen-bond donors (Lipinski definition) is 0. The first kappa shape index (κ1) is 13.6. The van der Waals surface area contributed by atoms with Crippen molar-refractivity contribution in [3.8, 4) is 0 Å². The van der Waals surface area contributed by atoms with Crippen LogP contribution in [-0.4, -0.2) is 29.4 Å². The van der Waals surface area contributed by atoms with Crippen molar-refractivity contribution in [2.75, 3.05) is 7.11 Å². The van der Waals surface area contributed by atoms with E-state index >= 15 is 0 Å². The number of hydrogen-bond acceptors (Lipinski definition) is 3. The summed E-state index contributed by atoms with van der Waals surface area (Å²) in [4.78, 5) is 26.6. The molecule has 1 fully saturated rings. The monoisotopic (exact) mass is 337 g/mol. The standard InChI is InChI=1S/C15H16BrNO3/c1-20-14(19)15(6-2-3-7-15)17-9-10-4-5-11(16)8-12(10)13(17)18/h4-5,8H,2-3,6-7,9H2,1H3. The minimum absolute atomic E-state index is 0.0615. The zero-order valence-corrected chi connectivity index (χ0v) is 12.9. The van der Waals surface area contributed by atoms with Gasteiger partial charge in [-0.05, 0) is 30.5 Å². The fourth-order valence-electron chi connectivity index (χ4n) is 3.35. The Kier molecular flexibility index (Phi) is 3.32. The van der Waals surface area contributed by atoms with Crippen molar-refractivity contribution in [1.29, 1.82) is 0 Å². The number of carbonyl (C=O) groups is 2. The summed E-state index contributed by atoms with van der Waals surface area (Å²) < 4.78 is 5.86. The zero-order valence-electron chi connectivity index (χ0n) is 11.3. The Morgan fingerprint density at radius 3 is 2.70 bits per heavy atom. The molecule has 1 heterocycles. The molecule has 5 heteroatoms. The van der Waals surface area contributed by atoms with Gasteiger partial charge < -0.3 is 9.64 Å². The highest BCUT2D eigenvalue weighted by Crippen LogP contribution is 2.41. The van der Waals surface area contributed by atoms with Gasteiger partial charge in [0.15, 0.2) is 0 Å². The predicted octanol–water partition coefficient (Wildman–Crippen LogP) is 2.89. The van der Waals surface area contributed by atoms with Crippen molar-refractivity contribution < 1.29 is 14.3 Å². The molecule has 0 bridgehead atoms. The quantitative estimate of drug-likeness (QED) is 0.779. The summed E-state index contributed by atoms with van der Waals surface area (Å²) in [5, 5.41) is 0. The van der Waals surface area contributed by atoms with Gasteiger partial charge in [-0.1, -0.05) is 34.8 Å². The molecule has 0 aromatic heterocycles. The maximum Gasteiger partial charge on any atom is 0.331 e. The van der Waals surface area contributed by atoms with Crippen LogP contribution in [0.2, 0.25) is 0 Å². The molecule has 0 spiro atoms. The van der Waals surface area contributed by atoms with Crippen molar-refractivity contribution in [1.82, 2.24) is 4.90 Å². The van der Waals surface area contributed by atoms with Crippen LogP contribution in [-0.2, 0) is 16.1 Å². The third kappa shape index (κ3) is 1.87. The van der Waals surface area contributed by atoms with Gasteiger partial charge >= 0.3 is 5.97 Å². The molecule has 0 radical (unpaired) electrons. The lowest BCUT2D eigenvalue weighted by molar-refractivity contribution is -0.153. The van der Waals surface area contributed by atoms with Gasteiger partial charge in [-0.15, -0.1) is 0 Å². The van der Waals surface area contributed by atoms with E-state index in [9.17, 15) is 9.59 Å². The molecule has 1 aliphatic heterocycles. The number of esters is 1. The van der Waals surface area contributed by atoms with Crippen LogP contribution in [0.4, 0.5) is 0 Å². The number of fused-ring (bicyclic) bond motifs is 1. The summed E-state index contributed by atoms with van der Waals surface area (Å²) in [6, 6.07) is 5.70. The largest absolute Gasteiger partial charge is 0.467 e. The predicted molar refractivity (Wildman–Crippen MR) is 77.2 cm³/mol. The molecular weight excluding hydrogens is 322 g/mol. The Bertz CT molecular complexity index is 578. The van der Waals surface area contributed by atoms with Gasteiger partial charge in [-0.2, -0.15) is 0 Å². The van der Waals surface area contributed by atoms with Crippen LogP contribution in [0.1, 0.15) is 41.6 Å². The van der Waals surface area contributed by atoms with E-state index in [0.29, 0.717) is 24.9 Å². The van der Waals surface area contributed by atoms with Gasteiger partial charge in [-0.25, -0.2) is 4.79 Å². The van der Waals surface area contributed by atoms with Gasteiger partial charge in [0.25, 0.3) is 5.91 Å². The number of ether oxygens (including phenoxy) is 1. The summed E-state index contributed by atoms with van der Waals surface area (Å²) >= 11 is 3.39. The van der Waals surface area contributed by atoms with E-state index < -0.39 is 5.54 Å². The molecular formula is C15H16BrNO3. The third-order valence-electron chi connectivity index (χ3n) is 4.39. The second kappa shape index (κ2) is 4.88. The lowest BCUT2D eigenvalue weighted by atomic mass is 9.95. The van der Waals surface area contributed by atoms with E-state index in [1.54, 1.807) is 4.90 Å². The van der Waals surface area contributed by atoms with E-state index in [2.05, 4.69) is 15.9 Å². The van der Waals surface area contributed by atoms with Crippen LogP contribution in [0, 0.1) is 0 Å². The van der Waals surface area contributed by atoms with Crippen molar-refractivity contribution in [2.45, 2.75) is 37.8 Å². The number of benzene rings is 1. The molecule has 1 aromatic carbocycles. The number of carbonyl (C=O) groups excluding carboxylic acids is 2. The molecule has 20 heavy (non-hydrogen) atoms. The third-order valence-corrected chi connectivity index (χ3v) is 4.88. The highest BCUT2D eigenvalue weighted by Gasteiger charge is 2.51. The number of methoxy groups -OCH3 is 1. The van der Waals surface area contributed by atoms with Gasteiger partial charge in [0.1, 0.15) is 5.54 Å². The summed E-state index contributed by atoms with van der Waals surface area (Å²) in [7, 11) is 1.40. The van der Waals surface area contributed by atoms with Gasteiger partial charge in [0, 0.05) is 16.6 Å². The Balaban J connectivity index is 2.00. The fraction of sp³-hybridized carbons (Fsp3) is 0.467. The first-order valence-corrected chi connectivity index (χ1v) is 7.56. The van der Waals surface area contributed by atoms with Crippen LogP contribution in [0.25, 0.3) is 0 Å². The molecule has 0 N–H and O–H groups in total. The lowest BCUT2D eigenvalue weighted by Gasteiger charge is -2.35. The van der Waals surface area contributed by atoms with Crippen LogP contribution in [0.15, 0.2) is 22.7 Å². The van der Waals surface area contributed by atoms with E-state index in [1.807, 2.05) is 18.2 Å². The smallest absolute Gasteiger partial charge is 0.331 e. The minimum Gasteiger partial charge on any atom is -0.467 e. The van der Waals surface area contributed by atoms with Crippen LogP contribution in [0.5, 0.6) is 0 Å². The lowest BCUT2D eigenvalue weighted by Crippen LogP contribution is -2.53. The van der Waals surface area contributed by atoms with Crippen LogP contribution < -0.4 is 0 Å². The number of amides is 1. The summed E-state index contributed by atoms with van der Waals surface area (Å²) in [5.74, 6) is -0.344. The number of nitrogens with zero attached hydrogens (tertiary/aromatic N) is 1. The average Bonchev–Trinajstić information content (AvgIpc) is 3.05. The topological polar surface area (TPSA) is 46.6 Å². The van der Waals surface area contributed by atoms with Gasteiger partial charge in [0.05, 0.1) is 7.11 Å². The molecule has 1 saturated carbocycles. The fourth-order valence-corrected chi connectivity index (χ4v) is 3.71. The first-order valence-electron chi connectivity index (χ1n) is 6.77. The van der Waals surface area contributed by atoms with Crippen molar-refractivity contribution in [3.63, 3.8) is 0 Å². The van der Waals surface area contributed by atoms with Crippen molar-refractivity contribution in [2.24, 2.45) is 0 Å². The normalized spacial score (nSPS) is 20.1. The van der Waals surface area contributed by atoms with Crippen molar-refractivity contribution in [3.05, 3.63) is 33.8 Å². The van der Waals surface area contributed by atoms with Crippen LogP contribution >= 0.6 is 15.9 Å². The van der Waals surface area contributed by atoms with E-state index in [-0.39, 0.29) is 11.9 Å². The molecule has 0 saturated heterocycles. The van der Waals surface area contributed by atoms with Gasteiger partial charge in [-0.3, -0.25) is 4.79 Å².